The van der Waals surface area contributed by atoms with E-state index in [1.54, 1.807) is 12.2 Å². The molecule has 4 heteroatoms. The Morgan fingerprint density at radius 1 is 1.53 bits per heavy atom. The van der Waals surface area contributed by atoms with E-state index in [4.69, 9.17) is 5.26 Å². The summed E-state index contributed by atoms with van der Waals surface area (Å²) in [5, 5.41) is 11.5. The van der Waals surface area contributed by atoms with Crippen molar-refractivity contribution in [1.82, 2.24) is 5.32 Å². The smallest absolute Gasteiger partial charge is 0.262 e. The Morgan fingerprint density at radius 2 is 2.24 bits per heavy atom. The van der Waals surface area contributed by atoms with Crippen LogP contribution in [0.3, 0.4) is 0 Å². The van der Waals surface area contributed by atoms with Gasteiger partial charge in [0.1, 0.15) is 11.6 Å². The first-order valence-corrected chi connectivity index (χ1v) is 5.73. The van der Waals surface area contributed by atoms with Crippen LogP contribution in [-0.2, 0) is 4.79 Å². The lowest BCUT2D eigenvalue weighted by atomic mass is 10.1. The second-order valence-electron chi connectivity index (χ2n) is 3.19. The number of carbonyl (C=O) groups excluding carboxylic acids is 1. The van der Waals surface area contributed by atoms with Gasteiger partial charge in [-0.05, 0) is 17.7 Å². The number of benzene rings is 1. The average Bonchev–Trinajstić information content (AvgIpc) is 2.35. The van der Waals surface area contributed by atoms with E-state index in [-0.39, 0.29) is 5.57 Å². The molecule has 0 aliphatic carbocycles. The standard InChI is InChI=1S/C13H11BrN2O/c1-2-7-16-13(17)11(9-15)8-10-5-3-4-6-12(10)14/h2-6,8H,1,7H2,(H,16,17)/b11-8+. The average molecular weight is 291 g/mol. The Hall–Kier alpha value is -1.86. The number of hydrogen-bond donors (Lipinski definition) is 1. The summed E-state index contributed by atoms with van der Waals surface area (Å²) >= 11 is 3.35. The number of nitriles is 1. The van der Waals surface area contributed by atoms with E-state index in [1.807, 2.05) is 30.3 Å². The lowest BCUT2D eigenvalue weighted by molar-refractivity contribution is -0.116. The molecule has 0 unspecified atom stereocenters. The van der Waals surface area contributed by atoms with Crippen molar-refractivity contribution in [3.8, 4) is 6.07 Å². The molecule has 0 bridgehead atoms. The maximum Gasteiger partial charge on any atom is 0.262 e. The fourth-order valence-corrected chi connectivity index (χ4v) is 1.56. The molecule has 0 aliphatic rings. The molecule has 86 valence electrons. The van der Waals surface area contributed by atoms with Gasteiger partial charge in [0.05, 0.1) is 0 Å². The van der Waals surface area contributed by atoms with Crippen LogP contribution in [0.4, 0.5) is 0 Å². The first-order valence-electron chi connectivity index (χ1n) is 4.94. The maximum absolute atomic E-state index is 11.6. The SMILES string of the molecule is C=CCNC(=O)/C(C#N)=C/c1ccccc1Br. The number of rotatable bonds is 4. The molecule has 0 aliphatic heterocycles. The summed E-state index contributed by atoms with van der Waals surface area (Å²) in [5.74, 6) is -0.400. The van der Waals surface area contributed by atoms with Crippen LogP contribution in [0.5, 0.6) is 0 Å². The predicted molar refractivity (Wildman–Crippen MR) is 70.9 cm³/mol. The van der Waals surface area contributed by atoms with Gasteiger partial charge in [-0.2, -0.15) is 5.26 Å². The molecule has 3 nitrogen and oxygen atoms in total. The van der Waals surface area contributed by atoms with Crippen molar-refractivity contribution in [2.24, 2.45) is 0 Å². The van der Waals surface area contributed by atoms with Crippen LogP contribution in [0, 0.1) is 11.3 Å². The van der Waals surface area contributed by atoms with E-state index in [2.05, 4.69) is 27.8 Å². The van der Waals surface area contributed by atoms with Gasteiger partial charge in [-0.3, -0.25) is 4.79 Å². The van der Waals surface area contributed by atoms with Crippen molar-refractivity contribution in [2.75, 3.05) is 6.54 Å². The Balaban J connectivity index is 2.95. The summed E-state index contributed by atoms with van der Waals surface area (Å²) in [6.45, 7) is 3.83. The fourth-order valence-electron chi connectivity index (χ4n) is 1.16. The van der Waals surface area contributed by atoms with Crippen LogP contribution in [0.2, 0.25) is 0 Å². The third-order valence-electron chi connectivity index (χ3n) is 1.98. The summed E-state index contributed by atoms with van der Waals surface area (Å²) in [4.78, 5) is 11.6. The van der Waals surface area contributed by atoms with Gasteiger partial charge >= 0.3 is 0 Å². The summed E-state index contributed by atoms with van der Waals surface area (Å²) in [5.41, 5.74) is 0.858. The van der Waals surface area contributed by atoms with Gasteiger partial charge in [-0.15, -0.1) is 6.58 Å². The van der Waals surface area contributed by atoms with Gasteiger partial charge in [0, 0.05) is 11.0 Å². The molecule has 1 N–H and O–H groups in total. The second kappa shape index (κ2) is 6.66. The van der Waals surface area contributed by atoms with Gasteiger partial charge < -0.3 is 5.32 Å². The summed E-state index contributed by atoms with van der Waals surface area (Å²) in [6.07, 6.45) is 3.10. The number of nitrogens with one attached hydrogen (secondary N) is 1. The van der Waals surface area contributed by atoms with Crippen molar-refractivity contribution >= 4 is 27.9 Å². The van der Waals surface area contributed by atoms with Crippen LogP contribution < -0.4 is 5.32 Å². The largest absolute Gasteiger partial charge is 0.348 e. The minimum atomic E-state index is -0.400. The van der Waals surface area contributed by atoms with Gasteiger partial charge in [0.25, 0.3) is 5.91 Å². The molecule has 0 saturated heterocycles. The number of amides is 1. The van der Waals surface area contributed by atoms with Gasteiger partial charge in [0.15, 0.2) is 0 Å². The topological polar surface area (TPSA) is 52.9 Å². The first kappa shape index (κ1) is 13.2. The number of nitrogens with zero attached hydrogens (tertiary/aromatic N) is 1. The third kappa shape index (κ3) is 3.89. The van der Waals surface area contributed by atoms with E-state index in [0.717, 1.165) is 10.0 Å². The second-order valence-corrected chi connectivity index (χ2v) is 4.04. The lowest BCUT2D eigenvalue weighted by Crippen LogP contribution is -2.24. The molecule has 0 saturated carbocycles. The monoisotopic (exact) mass is 290 g/mol. The molecule has 0 fully saturated rings. The van der Waals surface area contributed by atoms with Crippen molar-refractivity contribution in [3.05, 3.63) is 52.5 Å². The van der Waals surface area contributed by atoms with E-state index in [1.165, 1.54) is 0 Å². The highest BCUT2D eigenvalue weighted by Crippen LogP contribution is 2.18. The highest BCUT2D eigenvalue weighted by molar-refractivity contribution is 9.10. The van der Waals surface area contributed by atoms with Crippen molar-refractivity contribution in [2.45, 2.75) is 0 Å². The summed E-state index contributed by atoms with van der Waals surface area (Å²) in [6, 6.07) is 9.26. The fraction of sp³-hybridized carbons (Fsp3) is 0.0769. The molecule has 0 radical (unpaired) electrons. The lowest BCUT2D eigenvalue weighted by Gasteiger charge is -2.01. The highest BCUT2D eigenvalue weighted by atomic mass is 79.9. The quantitative estimate of drug-likeness (QED) is 0.527. The van der Waals surface area contributed by atoms with Gasteiger partial charge in [0.2, 0.25) is 0 Å². The molecule has 0 heterocycles. The summed E-state index contributed by atoms with van der Waals surface area (Å²) in [7, 11) is 0. The zero-order valence-electron chi connectivity index (χ0n) is 9.11. The maximum atomic E-state index is 11.6. The number of halogens is 1. The molecule has 0 aromatic heterocycles. The molecule has 0 atom stereocenters. The number of hydrogen-bond acceptors (Lipinski definition) is 2. The molecule has 1 rings (SSSR count). The minimum absolute atomic E-state index is 0.0683. The van der Waals surface area contributed by atoms with Crippen LogP contribution in [0.25, 0.3) is 6.08 Å². The molecule has 1 aromatic carbocycles. The van der Waals surface area contributed by atoms with E-state index in [9.17, 15) is 4.79 Å². The Kier molecular flexibility index (Phi) is 5.18. The zero-order valence-corrected chi connectivity index (χ0v) is 10.7. The molecule has 17 heavy (non-hydrogen) atoms. The van der Waals surface area contributed by atoms with Crippen molar-refractivity contribution < 1.29 is 4.79 Å². The Labute approximate surface area is 109 Å². The van der Waals surface area contributed by atoms with Gasteiger partial charge in [-0.25, -0.2) is 0 Å². The molecular formula is C13H11BrN2O. The van der Waals surface area contributed by atoms with Crippen LogP contribution >= 0.6 is 15.9 Å². The van der Waals surface area contributed by atoms with Gasteiger partial charge in [-0.1, -0.05) is 40.2 Å². The van der Waals surface area contributed by atoms with E-state index < -0.39 is 5.91 Å². The molecule has 1 aromatic rings. The van der Waals surface area contributed by atoms with E-state index in [0.29, 0.717) is 6.54 Å². The Morgan fingerprint density at radius 3 is 2.82 bits per heavy atom. The van der Waals surface area contributed by atoms with Crippen molar-refractivity contribution in [1.29, 1.82) is 5.26 Å². The van der Waals surface area contributed by atoms with Crippen LogP contribution in [0.1, 0.15) is 5.56 Å². The highest BCUT2D eigenvalue weighted by Gasteiger charge is 2.08. The predicted octanol–water partition coefficient (Wildman–Crippen LogP) is 2.66. The molecular weight excluding hydrogens is 280 g/mol. The normalized spacial score (nSPS) is 10.5. The van der Waals surface area contributed by atoms with Crippen LogP contribution in [-0.4, -0.2) is 12.5 Å². The minimum Gasteiger partial charge on any atom is -0.348 e. The van der Waals surface area contributed by atoms with E-state index >= 15 is 0 Å². The molecule has 1 amide bonds. The van der Waals surface area contributed by atoms with Crippen molar-refractivity contribution in [3.63, 3.8) is 0 Å². The third-order valence-corrected chi connectivity index (χ3v) is 2.70. The molecule has 0 spiro atoms. The van der Waals surface area contributed by atoms with Crippen LogP contribution in [0.15, 0.2) is 47.0 Å². The Bertz CT molecular complexity index is 500. The zero-order chi connectivity index (χ0) is 12.7. The summed E-state index contributed by atoms with van der Waals surface area (Å²) < 4.78 is 0.837. The number of carbonyl (C=O) groups is 1. The first-order chi connectivity index (χ1) is 8.19.